The van der Waals surface area contributed by atoms with Gasteiger partial charge in [0.2, 0.25) is 5.43 Å². The van der Waals surface area contributed by atoms with E-state index in [1.165, 1.54) is 12.0 Å². The molecule has 1 aromatic heterocycles. The lowest BCUT2D eigenvalue weighted by atomic mass is 10.1. The number of carbonyl (C=O) groups is 1. The molecule has 2 unspecified atom stereocenters. The summed E-state index contributed by atoms with van der Waals surface area (Å²) in [4.78, 5) is 25.8. The van der Waals surface area contributed by atoms with Gasteiger partial charge in [0, 0.05) is 32.5 Å². The lowest BCUT2D eigenvalue weighted by Crippen LogP contribution is -2.37. The molecular weight excluding hydrogens is 460 g/mol. The van der Waals surface area contributed by atoms with Crippen LogP contribution >= 0.6 is 0 Å². The number of anilines is 2. The number of nitrogens with one attached hydrogen (secondary N) is 1. The van der Waals surface area contributed by atoms with Crippen LogP contribution in [0, 0.1) is 23.3 Å². The largest absolute Gasteiger partial charge is 0.477 e. The van der Waals surface area contributed by atoms with E-state index in [9.17, 15) is 23.5 Å². The number of hydrogen-bond donors (Lipinski definition) is 3. The second kappa shape index (κ2) is 8.61. The fourth-order valence-corrected chi connectivity index (χ4v) is 4.30. The standard InChI is InChI=1S/C22H20F4N4O4/c1-28-12-7-29(8-14(12)34-2)20-16(25)18(27)15-19(17(20)26)30(6-10(21(15)31)22(32)33)13-4-3-9(23)5-11(13)24/h3-6,12,14,28H,7-8,27H2,1-2H3,(H,32,33). The molecule has 0 saturated carbocycles. The van der Waals surface area contributed by atoms with Gasteiger partial charge in [0.25, 0.3) is 0 Å². The maximum atomic E-state index is 16.0. The first-order valence-electron chi connectivity index (χ1n) is 10.1. The van der Waals surface area contributed by atoms with Crippen LogP contribution < -0.4 is 21.4 Å². The Morgan fingerprint density at radius 2 is 1.91 bits per heavy atom. The Kier molecular flexibility index (Phi) is 5.96. The number of aromatic nitrogens is 1. The van der Waals surface area contributed by atoms with Crippen molar-refractivity contribution < 1.29 is 32.2 Å². The zero-order valence-corrected chi connectivity index (χ0v) is 18.0. The molecule has 8 nitrogen and oxygen atoms in total. The third kappa shape index (κ3) is 3.55. The van der Waals surface area contributed by atoms with Crippen molar-refractivity contribution in [2.24, 2.45) is 0 Å². The van der Waals surface area contributed by atoms with Crippen molar-refractivity contribution in [2.45, 2.75) is 12.1 Å². The first kappa shape index (κ1) is 23.5. The van der Waals surface area contributed by atoms with Crippen molar-refractivity contribution in [1.82, 2.24) is 9.88 Å². The van der Waals surface area contributed by atoms with Gasteiger partial charge in [-0.3, -0.25) is 4.79 Å². The van der Waals surface area contributed by atoms with Gasteiger partial charge >= 0.3 is 5.97 Å². The first-order valence-corrected chi connectivity index (χ1v) is 10.1. The second-order valence-corrected chi connectivity index (χ2v) is 7.83. The summed E-state index contributed by atoms with van der Waals surface area (Å²) in [6.07, 6.45) is 0.276. The first-order chi connectivity index (χ1) is 16.1. The van der Waals surface area contributed by atoms with Gasteiger partial charge in [-0.25, -0.2) is 22.4 Å². The maximum Gasteiger partial charge on any atom is 0.341 e. The summed E-state index contributed by atoms with van der Waals surface area (Å²) in [5.74, 6) is -6.33. The Labute approximate surface area is 190 Å². The topological polar surface area (TPSA) is 110 Å². The summed E-state index contributed by atoms with van der Waals surface area (Å²) in [5, 5.41) is 11.7. The highest BCUT2D eigenvalue weighted by Crippen LogP contribution is 2.38. The number of methoxy groups -OCH3 is 1. The van der Waals surface area contributed by atoms with E-state index >= 15 is 8.78 Å². The molecule has 4 N–H and O–H groups in total. The molecular formula is C22H20F4N4O4. The third-order valence-electron chi connectivity index (χ3n) is 5.99. The Morgan fingerprint density at radius 1 is 1.21 bits per heavy atom. The lowest BCUT2D eigenvalue weighted by molar-refractivity contribution is 0.0695. The van der Waals surface area contributed by atoms with E-state index in [1.54, 1.807) is 7.05 Å². The van der Waals surface area contributed by atoms with E-state index in [0.717, 1.165) is 16.7 Å². The number of halogens is 4. The minimum absolute atomic E-state index is 0.0726. The van der Waals surface area contributed by atoms with E-state index in [0.29, 0.717) is 12.3 Å². The van der Waals surface area contributed by atoms with Crippen molar-refractivity contribution in [3.8, 4) is 5.69 Å². The molecule has 1 aliphatic rings. The zero-order valence-electron chi connectivity index (χ0n) is 18.0. The summed E-state index contributed by atoms with van der Waals surface area (Å²) in [7, 11) is 3.10. The monoisotopic (exact) mass is 480 g/mol. The number of carboxylic acid groups (broad SMARTS) is 1. The van der Waals surface area contributed by atoms with Crippen molar-refractivity contribution >= 4 is 28.2 Å². The van der Waals surface area contributed by atoms with Gasteiger partial charge in [-0.15, -0.1) is 0 Å². The van der Waals surface area contributed by atoms with Gasteiger partial charge < -0.3 is 30.4 Å². The third-order valence-corrected chi connectivity index (χ3v) is 5.99. The van der Waals surface area contributed by atoms with E-state index < -0.39 is 74.3 Å². The number of nitrogen functional groups attached to an aromatic ring is 1. The molecule has 180 valence electrons. The highest BCUT2D eigenvalue weighted by molar-refractivity contribution is 6.00. The van der Waals surface area contributed by atoms with E-state index in [4.69, 9.17) is 10.5 Å². The molecule has 1 fully saturated rings. The summed E-state index contributed by atoms with van der Waals surface area (Å²) < 4.78 is 65.6. The van der Waals surface area contributed by atoms with Crippen LogP contribution in [0.1, 0.15) is 10.4 Å². The molecule has 12 heteroatoms. The molecule has 0 amide bonds. The number of nitrogens with two attached hydrogens (primary N) is 1. The molecule has 0 bridgehead atoms. The molecule has 0 radical (unpaired) electrons. The SMILES string of the molecule is CNC1CN(c2c(F)c(N)c3c(=O)c(C(=O)O)cn(-c4ccc(F)cc4F)c3c2F)CC1OC. The highest BCUT2D eigenvalue weighted by Gasteiger charge is 2.37. The van der Waals surface area contributed by atoms with Crippen LogP contribution in [-0.2, 0) is 4.74 Å². The van der Waals surface area contributed by atoms with Gasteiger partial charge in [0.05, 0.1) is 34.4 Å². The number of fused-ring (bicyclic) bond motifs is 1. The summed E-state index contributed by atoms with van der Waals surface area (Å²) >= 11 is 0. The molecule has 2 atom stereocenters. The van der Waals surface area contributed by atoms with Crippen molar-refractivity contribution in [3.05, 3.63) is 63.5 Å². The predicted molar refractivity (Wildman–Crippen MR) is 117 cm³/mol. The van der Waals surface area contributed by atoms with Gasteiger partial charge in [-0.2, -0.15) is 0 Å². The van der Waals surface area contributed by atoms with Crippen LogP contribution in [0.15, 0.2) is 29.2 Å². The predicted octanol–water partition coefficient (Wildman–Crippen LogP) is 2.25. The molecule has 0 spiro atoms. The Balaban J connectivity index is 2.11. The number of likely N-dealkylation sites (N-methyl/N-ethyl adjacent to an activating group) is 1. The van der Waals surface area contributed by atoms with Crippen LogP contribution in [-0.4, -0.2) is 55.0 Å². The summed E-state index contributed by atoms with van der Waals surface area (Å²) in [6, 6.07) is 2.03. The lowest BCUT2D eigenvalue weighted by Gasteiger charge is -2.23. The van der Waals surface area contributed by atoms with Crippen LogP contribution in [0.5, 0.6) is 0 Å². The minimum atomic E-state index is -1.72. The van der Waals surface area contributed by atoms with Crippen LogP contribution in [0.2, 0.25) is 0 Å². The number of ether oxygens (including phenoxy) is 1. The number of hydrogen-bond acceptors (Lipinski definition) is 6. The van der Waals surface area contributed by atoms with Crippen LogP contribution in [0.3, 0.4) is 0 Å². The van der Waals surface area contributed by atoms with Crippen molar-refractivity contribution in [3.63, 3.8) is 0 Å². The maximum absolute atomic E-state index is 16.0. The fraction of sp³-hybridized carbons (Fsp3) is 0.273. The number of nitrogens with zero attached hydrogens (tertiary/aromatic N) is 2. The number of carboxylic acids is 1. The van der Waals surface area contributed by atoms with E-state index in [-0.39, 0.29) is 19.1 Å². The summed E-state index contributed by atoms with van der Waals surface area (Å²) in [5.41, 5.74) is 1.27. The number of benzene rings is 2. The van der Waals surface area contributed by atoms with Gasteiger partial charge in [-0.1, -0.05) is 0 Å². The fourth-order valence-electron chi connectivity index (χ4n) is 4.30. The quantitative estimate of drug-likeness (QED) is 0.380. The Hall–Kier alpha value is -3.64. The van der Waals surface area contributed by atoms with Gasteiger partial charge in [-0.05, 0) is 19.2 Å². The molecule has 2 aromatic carbocycles. The molecule has 0 aliphatic carbocycles. The van der Waals surface area contributed by atoms with Gasteiger partial charge in [0.15, 0.2) is 11.6 Å². The number of aromatic carboxylic acids is 1. The molecule has 4 rings (SSSR count). The van der Waals surface area contributed by atoms with Crippen molar-refractivity contribution in [1.29, 1.82) is 0 Å². The molecule has 34 heavy (non-hydrogen) atoms. The zero-order chi connectivity index (χ0) is 24.9. The van der Waals surface area contributed by atoms with Crippen LogP contribution in [0.4, 0.5) is 28.9 Å². The van der Waals surface area contributed by atoms with Crippen LogP contribution in [0.25, 0.3) is 16.6 Å². The second-order valence-electron chi connectivity index (χ2n) is 7.83. The van der Waals surface area contributed by atoms with Gasteiger partial charge in [0.1, 0.15) is 22.9 Å². The molecule has 2 heterocycles. The smallest absolute Gasteiger partial charge is 0.341 e. The normalized spacial score (nSPS) is 18.1. The van der Waals surface area contributed by atoms with E-state index in [1.807, 2.05) is 0 Å². The summed E-state index contributed by atoms with van der Waals surface area (Å²) in [6.45, 7) is 0.194. The Bertz CT molecular complexity index is 1370. The average Bonchev–Trinajstić information content (AvgIpc) is 3.20. The number of pyridine rings is 1. The molecule has 1 saturated heterocycles. The Morgan fingerprint density at radius 3 is 2.47 bits per heavy atom. The minimum Gasteiger partial charge on any atom is -0.477 e. The van der Waals surface area contributed by atoms with Crippen molar-refractivity contribution in [2.75, 3.05) is 37.9 Å². The molecule has 3 aromatic rings. The number of rotatable bonds is 5. The highest BCUT2D eigenvalue weighted by atomic mass is 19.1. The van der Waals surface area contributed by atoms with E-state index in [2.05, 4.69) is 5.32 Å². The average molecular weight is 480 g/mol. The molecule has 1 aliphatic heterocycles.